The van der Waals surface area contributed by atoms with E-state index in [0.29, 0.717) is 12.8 Å². The third kappa shape index (κ3) is 3.02. The minimum Gasteiger partial charge on any atom is -0.508 e. The highest BCUT2D eigenvalue weighted by atomic mass is 16.3. The molecule has 2 aromatic carbocycles. The minimum atomic E-state index is -0.133. The monoisotopic (exact) mass is 243 g/mol. The molecule has 0 bridgehead atoms. The standard InChI is InChI=1S/C15H17NO2/c16-13(9-11-5-1-3-7-14(11)17)10-12-6-2-4-8-15(12)18/h1-8,13,17-18H,9-10,16H2. The Kier molecular flexibility index (Phi) is 3.85. The summed E-state index contributed by atoms with van der Waals surface area (Å²) >= 11 is 0. The molecule has 0 aliphatic carbocycles. The van der Waals surface area contributed by atoms with E-state index in [1.165, 1.54) is 0 Å². The van der Waals surface area contributed by atoms with Crippen LogP contribution >= 0.6 is 0 Å². The van der Waals surface area contributed by atoms with E-state index in [2.05, 4.69) is 0 Å². The van der Waals surface area contributed by atoms with Crippen LogP contribution < -0.4 is 5.73 Å². The van der Waals surface area contributed by atoms with Gasteiger partial charge in [-0.2, -0.15) is 0 Å². The van der Waals surface area contributed by atoms with Crippen LogP contribution in [0.15, 0.2) is 48.5 Å². The first-order valence-electron chi connectivity index (χ1n) is 5.96. The SMILES string of the molecule is NC(Cc1ccccc1O)Cc1ccccc1O. The molecule has 0 amide bonds. The Hall–Kier alpha value is -2.00. The van der Waals surface area contributed by atoms with E-state index in [1.807, 2.05) is 24.3 Å². The van der Waals surface area contributed by atoms with Crippen molar-refractivity contribution in [3.8, 4) is 11.5 Å². The van der Waals surface area contributed by atoms with Crippen LogP contribution in [0.1, 0.15) is 11.1 Å². The van der Waals surface area contributed by atoms with E-state index in [-0.39, 0.29) is 17.5 Å². The summed E-state index contributed by atoms with van der Waals surface area (Å²) in [4.78, 5) is 0. The molecule has 0 saturated heterocycles. The zero-order valence-corrected chi connectivity index (χ0v) is 10.1. The Morgan fingerprint density at radius 1 is 0.778 bits per heavy atom. The Labute approximate surface area is 107 Å². The normalized spacial score (nSPS) is 10.8. The third-order valence-corrected chi connectivity index (χ3v) is 2.95. The van der Waals surface area contributed by atoms with Gasteiger partial charge in [-0.1, -0.05) is 36.4 Å². The smallest absolute Gasteiger partial charge is 0.118 e. The van der Waals surface area contributed by atoms with Gasteiger partial charge in [0.15, 0.2) is 0 Å². The highest BCUT2D eigenvalue weighted by molar-refractivity contribution is 5.35. The number of nitrogens with two attached hydrogens (primary N) is 1. The van der Waals surface area contributed by atoms with Gasteiger partial charge in [0.1, 0.15) is 11.5 Å². The molecule has 0 spiro atoms. The molecule has 2 rings (SSSR count). The van der Waals surface area contributed by atoms with E-state index < -0.39 is 0 Å². The number of phenolic OH excluding ortho intramolecular Hbond substituents is 2. The summed E-state index contributed by atoms with van der Waals surface area (Å²) in [6.45, 7) is 0. The zero-order chi connectivity index (χ0) is 13.0. The Balaban J connectivity index is 2.04. The lowest BCUT2D eigenvalue weighted by Crippen LogP contribution is -2.25. The molecule has 0 aromatic heterocycles. The molecule has 4 N–H and O–H groups in total. The lowest BCUT2D eigenvalue weighted by atomic mass is 9.99. The summed E-state index contributed by atoms with van der Waals surface area (Å²) in [5.74, 6) is 0.537. The number of aromatic hydroxyl groups is 2. The molecular formula is C15H17NO2. The van der Waals surface area contributed by atoms with E-state index in [0.717, 1.165) is 11.1 Å². The number of hydrogen-bond donors (Lipinski definition) is 3. The molecule has 0 aliphatic heterocycles. The van der Waals surface area contributed by atoms with Crippen molar-refractivity contribution < 1.29 is 10.2 Å². The zero-order valence-electron chi connectivity index (χ0n) is 10.1. The predicted octanol–water partition coefficient (Wildman–Crippen LogP) is 2.21. The van der Waals surface area contributed by atoms with Crippen LogP contribution in [0, 0.1) is 0 Å². The van der Waals surface area contributed by atoms with E-state index >= 15 is 0 Å². The maximum absolute atomic E-state index is 9.68. The van der Waals surface area contributed by atoms with Crippen LogP contribution in [-0.4, -0.2) is 16.3 Å². The van der Waals surface area contributed by atoms with Gasteiger partial charge >= 0.3 is 0 Å². The van der Waals surface area contributed by atoms with E-state index in [4.69, 9.17) is 5.73 Å². The van der Waals surface area contributed by atoms with Crippen molar-refractivity contribution in [3.63, 3.8) is 0 Å². The molecular weight excluding hydrogens is 226 g/mol. The fraction of sp³-hybridized carbons (Fsp3) is 0.200. The van der Waals surface area contributed by atoms with Crippen molar-refractivity contribution >= 4 is 0 Å². The summed E-state index contributed by atoms with van der Waals surface area (Å²) < 4.78 is 0. The van der Waals surface area contributed by atoms with E-state index in [9.17, 15) is 10.2 Å². The Morgan fingerprint density at radius 2 is 1.17 bits per heavy atom. The summed E-state index contributed by atoms with van der Waals surface area (Å²) in [5, 5.41) is 19.4. The molecule has 0 aliphatic rings. The maximum Gasteiger partial charge on any atom is 0.118 e. The fourth-order valence-corrected chi connectivity index (χ4v) is 2.00. The Bertz CT molecular complexity index is 478. The highest BCUT2D eigenvalue weighted by Crippen LogP contribution is 2.21. The van der Waals surface area contributed by atoms with Gasteiger partial charge in [-0.05, 0) is 36.1 Å². The highest BCUT2D eigenvalue weighted by Gasteiger charge is 2.10. The Morgan fingerprint density at radius 3 is 1.56 bits per heavy atom. The van der Waals surface area contributed by atoms with Gasteiger partial charge in [-0.15, -0.1) is 0 Å². The quantitative estimate of drug-likeness (QED) is 0.771. The molecule has 18 heavy (non-hydrogen) atoms. The average Bonchev–Trinajstić information content (AvgIpc) is 2.35. The van der Waals surface area contributed by atoms with Gasteiger partial charge in [-0.3, -0.25) is 0 Å². The largest absolute Gasteiger partial charge is 0.508 e. The van der Waals surface area contributed by atoms with Crippen LogP contribution in [0.2, 0.25) is 0 Å². The molecule has 94 valence electrons. The first kappa shape index (κ1) is 12.5. The second-order valence-electron chi connectivity index (χ2n) is 4.43. The molecule has 0 atom stereocenters. The van der Waals surface area contributed by atoms with Crippen LogP contribution in [0.4, 0.5) is 0 Å². The van der Waals surface area contributed by atoms with Gasteiger partial charge < -0.3 is 15.9 Å². The number of para-hydroxylation sites is 2. The number of rotatable bonds is 4. The minimum absolute atomic E-state index is 0.133. The van der Waals surface area contributed by atoms with Gasteiger partial charge in [0, 0.05) is 6.04 Å². The molecule has 3 heteroatoms. The van der Waals surface area contributed by atoms with Crippen LogP contribution in [0.3, 0.4) is 0 Å². The molecule has 3 nitrogen and oxygen atoms in total. The molecule has 0 heterocycles. The van der Waals surface area contributed by atoms with Crippen molar-refractivity contribution in [2.75, 3.05) is 0 Å². The van der Waals surface area contributed by atoms with Crippen molar-refractivity contribution in [1.82, 2.24) is 0 Å². The van der Waals surface area contributed by atoms with Crippen LogP contribution in [-0.2, 0) is 12.8 Å². The summed E-state index contributed by atoms with van der Waals surface area (Å²) in [6.07, 6.45) is 1.17. The molecule has 0 saturated carbocycles. The van der Waals surface area contributed by atoms with Crippen molar-refractivity contribution in [3.05, 3.63) is 59.7 Å². The fourth-order valence-electron chi connectivity index (χ4n) is 2.00. The first-order valence-corrected chi connectivity index (χ1v) is 5.96. The van der Waals surface area contributed by atoms with E-state index in [1.54, 1.807) is 24.3 Å². The van der Waals surface area contributed by atoms with Crippen molar-refractivity contribution in [2.45, 2.75) is 18.9 Å². The molecule has 0 unspecified atom stereocenters. The van der Waals surface area contributed by atoms with Gasteiger partial charge in [0.25, 0.3) is 0 Å². The third-order valence-electron chi connectivity index (χ3n) is 2.95. The van der Waals surface area contributed by atoms with Crippen LogP contribution in [0.25, 0.3) is 0 Å². The second kappa shape index (κ2) is 5.56. The maximum atomic E-state index is 9.68. The number of benzene rings is 2. The second-order valence-corrected chi connectivity index (χ2v) is 4.43. The van der Waals surface area contributed by atoms with Crippen LogP contribution in [0.5, 0.6) is 11.5 Å². The average molecular weight is 243 g/mol. The first-order chi connectivity index (χ1) is 8.66. The number of phenols is 2. The van der Waals surface area contributed by atoms with Crippen molar-refractivity contribution in [1.29, 1.82) is 0 Å². The molecule has 2 aromatic rings. The van der Waals surface area contributed by atoms with Gasteiger partial charge in [-0.25, -0.2) is 0 Å². The van der Waals surface area contributed by atoms with Gasteiger partial charge in [0.05, 0.1) is 0 Å². The number of hydrogen-bond acceptors (Lipinski definition) is 3. The molecule has 0 radical (unpaired) electrons. The molecule has 0 fully saturated rings. The van der Waals surface area contributed by atoms with Crippen molar-refractivity contribution in [2.24, 2.45) is 5.73 Å². The summed E-state index contributed by atoms with van der Waals surface area (Å²) in [7, 11) is 0. The summed E-state index contributed by atoms with van der Waals surface area (Å²) in [6, 6.07) is 14.2. The van der Waals surface area contributed by atoms with Gasteiger partial charge in [0.2, 0.25) is 0 Å². The predicted molar refractivity (Wildman–Crippen MR) is 71.6 cm³/mol. The topological polar surface area (TPSA) is 66.5 Å². The lowest BCUT2D eigenvalue weighted by molar-refractivity contribution is 0.458. The lowest BCUT2D eigenvalue weighted by Gasteiger charge is -2.13. The summed E-state index contributed by atoms with van der Waals surface area (Å²) in [5.41, 5.74) is 7.72.